The SMILES string of the molecule is CNC(=O)NC(C)CN(C(=O)OC(C)(C)C)C(C)c1ccccc1. The van der Waals surface area contributed by atoms with Crippen LogP contribution >= 0.6 is 0 Å². The fourth-order valence-electron chi connectivity index (χ4n) is 2.26. The van der Waals surface area contributed by atoms with Gasteiger partial charge in [-0.15, -0.1) is 0 Å². The number of amides is 3. The summed E-state index contributed by atoms with van der Waals surface area (Å²) in [6.45, 7) is 9.65. The van der Waals surface area contributed by atoms with Crippen molar-refractivity contribution in [3.8, 4) is 0 Å². The molecule has 0 aliphatic carbocycles. The van der Waals surface area contributed by atoms with Crippen LogP contribution in [0.15, 0.2) is 30.3 Å². The molecular formula is C18H29N3O3. The van der Waals surface area contributed by atoms with Crippen LogP contribution in [0.3, 0.4) is 0 Å². The van der Waals surface area contributed by atoms with E-state index in [9.17, 15) is 9.59 Å². The van der Waals surface area contributed by atoms with Gasteiger partial charge in [-0.1, -0.05) is 30.3 Å². The van der Waals surface area contributed by atoms with Crippen molar-refractivity contribution in [1.82, 2.24) is 15.5 Å². The maximum atomic E-state index is 12.6. The van der Waals surface area contributed by atoms with Crippen molar-refractivity contribution in [3.63, 3.8) is 0 Å². The summed E-state index contributed by atoms with van der Waals surface area (Å²) in [5, 5.41) is 5.30. The van der Waals surface area contributed by atoms with Crippen molar-refractivity contribution in [2.75, 3.05) is 13.6 Å². The Morgan fingerprint density at radius 2 is 1.75 bits per heavy atom. The van der Waals surface area contributed by atoms with E-state index in [1.54, 1.807) is 11.9 Å². The molecule has 0 radical (unpaired) electrons. The second kappa shape index (κ2) is 8.57. The molecule has 1 aromatic carbocycles. The molecule has 134 valence electrons. The third-order valence-corrected chi connectivity index (χ3v) is 3.45. The summed E-state index contributed by atoms with van der Waals surface area (Å²) in [5.41, 5.74) is 0.430. The molecule has 0 saturated carbocycles. The fourth-order valence-corrected chi connectivity index (χ4v) is 2.26. The molecule has 6 nitrogen and oxygen atoms in total. The first kappa shape index (κ1) is 19.8. The molecule has 6 heteroatoms. The fraction of sp³-hybridized carbons (Fsp3) is 0.556. The van der Waals surface area contributed by atoms with Gasteiger partial charge in [0.15, 0.2) is 0 Å². The first-order valence-corrected chi connectivity index (χ1v) is 8.17. The van der Waals surface area contributed by atoms with Gasteiger partial charge in [0, 0.05) is 19.6 Å². The summed E-state index contributed by atoms with van der Waals surface area (Å²) < 4.78 is 5.53. The smallest absolute Gasteiger partial charge is 0.410 e. The summed E-state index contributed by atoms with van der Waals surface area (Å²) in [5.74, 6) is 0. The Labute approximate surface area is 144 Å². The zero-order chi connectivity index (χ0) is 18.3. The van der Waals surface area contributed by atoms with E-state index in [2.05, 4.69) is 10.6 Å². The van der Waals surface area contributed by atoms with E-state index in [0.717, 1.165) is 5.56 Å². The van der Waals surface area contributed by atoms with Crippen molar-refractivity contribution in [1.29, 1.82) is 0 Å². The van der Waals surface area contributed by atoms with Crippen molar-refractivity contribution in [3.05, 3.63) is 35.9 Å². The summed E-state index contributed by atoms with van der Waals surface area (Å²) in [7, 11) is 1.56. The van der Waals surface area contributed by atoms with Crippen molar-refractivity contribution < 1.29 is 14.3 Å². The third kappa shape index (κ3) is 6.48. The number of carbonyl (C=O) groups excluding carboxylic acids is 2. The number of hydrogen-bond acceptors (Lipinski definition) is 3. The first-order valence-electron chi connectivity index (χ1n) is 8.17. The average molecular weight is 335 g/mol. The minimum absolute atomic E-state index is 0.171. The van der Waals surface area contributed by atoms with E-state index in [0.29, 0.717) is 6.54 Å². The molecule has 0 fully saturated rings. The summed E-state index contributed by atoms with van der Waals surface area (Å²) in [6.07, 6.45) is -0.399. The largest absolute Gasteiger partial charge is 0.444 e. The molecule has 2 N–H and O–H groups in total. The summed E-state index contributed by atoms with van der Waals surface area (Å²) in [6, 6.07) is 9.08. The number of nitrogens with one attached hydrogen (secondary N) is 2. The number of hydrogen-bond donors (Lipinski definition) is 2. The first-order chi connectivity index (χ1) is 11.1. The summed E-state index contributed by atoms with van der Waals surface area (Å²) >= 11 is 0. The van der Waals surface area contributed by atoms with Crippen LogP contribution in [0.1, 0.15) is 46.2 Å². The standard InChI is InChI=1S/C18H29N3O3/c1-13(20-16(22)19-6)12-21(17(23)24-18(3,4)5)14(2)15-10-8-7-9-11-15/h7-11,13-14H,12H2,1-6H3,(H2,19,20,22). The highest BCUT2D eigenvalue weighted by atomic mass is 16.6. The Bertz CT molecular complexity index is 540. The number of nitrogens with zero attached hydrogens (tertiary/aromatic N) is 1. The topological polar surface area (TPSA) is 70.7 Å². The van der Waals surface area contributed by atoms with Gasteiger partial charge in [0.25, 0.3) is 0 Å². The van der Waals surface area contributed by atoms with E-state index in [1.165, 1.54) is 0 Å². The van der Waals surface area contributed by atoms with E-state index in [4.69, 9.17) is 4.74 Å². The number of ether oxygens (including phenoxy) is 1. The highest BCUT2D eigenvalue weighted by Gasteiger charge is 2.28. The number of benzene rings is 1. The van der Waals surface area contributed by atoms with Crippen LogP contribution in [0.4, 0.5) is 9.59 Å². The van der Waals surface area contributed by atoms with Gasteiger partial charge in [-0.25, -0.2) is 9.59 Å². The minimum atomic E-state index is -0.580. The zero-order valence-corrected chi connectivity index (χ0v) is 15.4. The predicted molar refractivity (Wildman–Crippen MR) is 94.9 cm³/mol. The molecule has 0 aliphatic rings. The molecule has 0 aromatic heterocycles. The number of carbonyl (C=O) groups is 2. The van der Waals surface area contributed by atoms with Crippen LogP contribution in [-0.4, -0.2) is 42.3 Å². The van der Waals surface area contributed by atoms with Gasteiger partial charge >= 0.3 is 12.1 Å². The lowest BCUT2D eigenvalue weighted by Crippen LogP contribution is -2.48. The van der Waals surface area contributed by atoms with Gasteiger partial charge < -0.3 is 15.4 Å². The second-order valence-electron chi connectivity index (χ2n) is 6.84. The lowest BCUT2D eigenvalue weighted by molar-refractivity contribution is 0.0157. The van der Waals surface area contributed by atoms with E-state index >= 15 is 0 Å². The zero-order valence-electron chi connectivity index (χ0n) is 15.4. The molecule has 0 spiro atoms. The molecule has 2 atom stereocenters. The molecule has 0 saturated heterocycles. The molecule has 3 amide bonds. The third-order valence-electron chi connectivity index (χ3n) is 3.45. The molecule has 2 unspecified atom stereocenters. The molecule has 0 aliphatic heterocycles. The normalized spacial score (nSPS) is 13.6. The summed E-state index contributed by atoms with van der Waals surface area (Å²) in [4.78, 5) is 25.8. The van der Waals surface area contributed by atoms with E-state index < -0.39 is 11.7 Å². The Hall–Kier alpha value is -2.24. The Morgan fingerprint density at radius 1 is 1.17 bits per heavy atom. The second-order valence-corrected chi connectivity index (χ2v) is 6.84. The highest BCUT2D eigenvalue weighted by Crippen LogP contribution is 2.23. The van der Waals surface area contributed by atoms with Gasteiger partial charge in [0.1, 0.15) is 5.60 Å². The van der Waals surface area contributed by atoms with Crippen LogP contribution in [0, 0.1) is 0 Å². The average Bonchev–Trinajstić information content (AvgIpc) is 2.50. The van der Waals surface area contributed by atoms with Crippen LogP contribution in [0.5, 0.6) is 0 Å². The molecule has 24 heavy (non-hydrogen) atoms. The van der Waals surface area contributed by atoms with Gasteiger partial charge in [-0.05, 0) is 40.2 Å². The van der Waals surface area contributed by atoms with E-state index in [-0.39, 0.29) is 18.1 Å². The van der Waals surface area contributed by atoms with E-state index in [1.807, 2.05) is 65.0 Å². The van der Waals surface area contributed by atoms with Crippen LogP contribution < -0.4 is 10.6 Å². The lowest BCUT2D eigenvalue weighted by atomic mass is 10.1. The molecule has 1 rings (SSSR count). The molecule has 0 heterocycles. The van der Waals surface area contributed by atoms with Gasteiger partial charge in [-0.2, -0.15) is 0 Å². The molecular weight excluding hydrogens is 306 g/mol. The van der Waals surface area contributed by atoms with Crippen LogP contribution in [0.25, 0.3) is 0 Å². The van der Waals surface area contributed by atoms with Crippen molar-refractivity contribution in [2.45, 2.75) is 52.3 Å². The molecule has 1 aromatic rings. The van der Waals surface area contributed by atoms with Crippen molar-refractivity contribution in [2.24, 2.45) is 0 Å². The minimum Gasteiger partial charge on any atom is -0.444 e. The Morgan fingerprint density at radius 3 is 2.25 bits per heavy atom. The highest BCUT2D eigenvalue weighted by molar-refractivity contribution is 5.74. The van der Waals surface area contributed by atoms with Crippen LogP contribution in [-0.2, 0) is 4.74 Å². The maximum absolute atomic E-state index is 12.6. The molecule has 0 bridgehead atoms. The number of urea groups is 1. The quantitative estimate of drug-likeness (QED) is 0.867. The van der Waals surface area contributed by atoms with Crippen LogP contribution in [0.2, 0.25) is 0 Å². The van der Waals surface area contributed by atoms with Crippen molar-refractivity contribution >= 4 is 12.1 Å². The maximum Gasteiger partial charge on any atom is 0.410 e. The monoisotopic (exact) mass is 335 g/mol. The Kier molecular flexibility index (Phi) is 7.07. The van der Waals surface area contributed by atoms with Gasteiger partial charge in [0.05, 0.1) is 6.04 Å². The Balaban J connectivity index is 2.94. The predicted octanol–water partition coefficient (Wildman–Crippen LogP) is 3.30. The number of rotatable bonds is 5. The van der Waals surface area contributed by atoms with Gasteiger partial charge in [-0.3, -0.25) is 4.90 Å². The van der Waals surface area contributed by atoms with Gasteiger partial charge in [0.2, 0.25) is 0 Å². The lowest BCUT2D eigenvalue weighted by Gasteiger charge is -2.33.